The molecule has 12 heteroatoms. The lowest BCUT2D eigenvalue weighted by atomic mass is 10.1. The molecule has 1 saturated heterocycles. The summed E-state index contributed by atoms with van der Waals surface area (Å²) in [5.41, 5.74) is 4.04. The lowest BCUT2D eigenvalue weighted by Gasteiger charge is -2.20. The fourth-order valence-corrected chi connectivity index (χ4v) is 3.85. The van der Waals surface area contributed by atoms with Gasteiger partial charge in [0, 0.05) is 18.7 Å². The molecule has 3 amide bonds. The third-order valence-electron chi connectivity index (χ3n) is 5.58. The molecule has 0 saturated carbocycles. The Bertz CT molecular complexity index is 1160. The predicted octanol–water partition coefficient (Wildman–Crippen LogP) is 2.88. The maximum Gasteiger partial charge on any atom is 0.418 e. The number of nitrogens with two attached hydrogens (primary N) is 1. The van der Waals surface area contributed by atoms with Gasteiger partial charge in [0.1, 0.15) is 17.9 Å². The molecule has 4 N–H and O–H groups in total. The van der Waals surface area contributed by atoms with E-state index in [0.717, 1.165) is 12.1 Å². The standard InChI is InChI=1S/C23H22F3N5O4/c24-23(25,26)15-11-13(28-22(34)19-7-4-10-35-19)8-9-16(15)29-21(33)17-12-18(20(27)32)31(30-17)14-5-2-1-3-6-14/h1-3,5-6,8-9,11,18-19H,4,7,10,12H2,(H2,27,32)(H,28,34)(H,29,33). The van der Waals surface area contributed by atoms with E-state index >= 15 is 0 Å². The fourth-order valence-electron chi connectivity index (χ4n) is 3.85. The lowest BCUT2D eigenvalue weighted by Crippen LogP contribution is -2.39. The Morgan fingerprint density at radius 2 is 1.83 bits per heavy atom. The van der Waals surface area contributed by atoms with E-state index in [2.05, 4.69) is 15.7 Å². The minimum Gasteiger partial charge on any atom is -0.368 e. The van der Waals surface area contributed by atoms with Crippen molar-refractivity contribution in [1.82, 2.24) is 0 Å². The fraction of sp³-hybridized carbons (Fsp3) is 0.304. The molecule has 0 aliphatic carbocycles. The lowest BCUT2D eigenvalue weighted by molar-refractivity contribution is -0.137. The van der Waals surface area contributed by atoms with Gasteiger partial charge in [-0.25, -0.2) is 0 Å². The highest BCUT2D eigenvalue weighted by atomic mass is 19.4. The number of alkyl halides is 3. The average molecular weight is 489 g/mol. The van der Waals surface area contributed by atoms with Crippen LogP contribution >= 0.6 is 0 Å². The van der Waals surface area contributed by atoms with Crippen molar-refractivity contribution < 1.29 is 32.3 Å². The molecule has 9 nitrogen and oxygen atoms in total. The van der Waals surface area contributed by atoms with Crippen molar-refractivity contribution in [2.24, 2.45) is 10.8 Å². The number of halogens is 3. The summed E-state index contributed by atoms with van der Waals surface area (Å²) in [6.07, 6.45) is -4.53. The van der Waals surface area contributed by atoms with Gasteiger partial charge in [-0.2, -0.15) is 18.3 Å². The van der Waals surface area contributed by atoms with Gasteiger partial charge in [0.05, 0.1) is 16.9 Å². The highest BCUT2D eigenvalue weighted by Gasteiger charge is 2.38. The SMILES string of the molecule is NC(=O)C1CC(C(=O)Nc2ccc(NC(=O)C3CCCO3)cc2C(F)(F)F)=NN1c1ccccc1. The number of nitrogens with zero attached hydrogens (tertiary/aromatic N) is 2. The third-order valence-corrected chi connectivity index (χ3v) is 5.58. The number of hydrogen-bond donors (Lipinski definition) is 3. The maximum atomic E-state index is 13.8. The van der Waals surface area contributed by atoms with Gasteiger partial charge in [0.25, 0.3) is 11.8 Å². The highest BCUT2D eigenvalue weighted by molar-refractivity contribution is 6.44. The topological polar surface area (TPSA) is 126 Å². The number of para-hydroxylation sites is 1. The van der Waals surface area contributed by atoms with Crippen LogP contribution < -0.4 is 21.4 Å². The Balaban J connectivity index is 1.55. The number of carbonyl (C=O) groups excluding carboxylic acids is 3. The summed E-state index contributed by atoms with van der Waals surface area (Å²) in [5, 5.41) is 10.0. The first kappa shape index (κ1) is 24.2. The Hall–Kier alpha value is -3.93. The second-order valence-corrected chi connectivity index (χ2v) is 8.05. The number of primary amides is 1. The van der Waals surface area contributed by atoms with Gasteiger partial charge in [0.15, 0.2) is 0 Å². The van der Waals surface area contributed by atoms with Crippen molar-refractivity contribution in [3.63, 3.8) is 0 Å². The minimum atomic E-state index is -4.82. The van der Waals surface area contributed by atoms with Crippen LogP contribution in [0.15, 0.2) is 53.6 Å². The monoisotopic (exact) mass is 489 g/mol. The van der Waals surface area contributed by atoms with Crippen LogP contribution in [0.25, 0.3) is 0 Å². The molecule has 0 bridgehead atoms. The van der Waals surface area contributed by atoms with Crippen molar-refractivity contribution in [3.05, 3.63) is 54.1 Å². The number of hydrazone groups is 1. The summed E-state index contributed by atoms with van der Waals surface area (Å²) in [5.74, 6) is -2.18. The summed E-state index contributed by atoms with van der Waals surface area (Å²) in [7, 11) is 0. The Labute approximate surface area is 198 Å². The maximum absolute atomic E-state index is 13.8. The van der Waals surface area contributed by atoms with Gasteiger partial charge in [-0.05, 0) is 43.2 Å². The molecule has 35 heavy (non-hydrogen) atoms. The van der Waals surface area contributed by atoms with Crippen molar-refractivity contribution in [1.29, 1.82) is 0 Å². The Kier molecular flexibility index (Phi) is 6.74. The summed E-state index contributed by atoms with van der Waals surface area (Å²) in [4.78, 5) is 36.9. The van der Waals surface area contributed by atoms with Gasteiger partial charge in [-0.15, -0.1) is 0 Å². The quantitative estimate of drug-likeness (QED) is 0.575. The number of ether oxygens (including phenoxy) is 1. The van der Waals surface area contributed by atoms with Crippen LogP contribution in [0.1, 0.15) is 24.8 Å². The van der Waals surface area contributed by atoms with E-state index in [0.29, 0.717) is 25.1 Å². The number of benzene rings is 2. The molecule has 4 rings (SSSR count). The van der Waals surface area contributed by atoms with E-state index in [1.54, 1.807) is 30.3 Å². The average Bonchev–Trinajstić information content (AvgIpc) is 3.51. The summed E-state index contributed by atoms with van der Waals surface area (Å²) in [6.45, 7) is 0.416. The van der Waals surface area contributed by atoms with Gasteiger partial charge in [-0.1, -0.05) is 18.2 Å². The van der Waals surface area contributed by atoms with Gasteiger partial charge >= 0.3 is 6.18 Å². The largest absolute Gasteiger partial charge is 0.418 e. The van der Waals surface area contributed by atoms with E-state index in [4.69, 9.17) is 10.5 Å². The van der Waals surface area contributed by atoms with Crippen molar-refractivity contribution >= 4 is 40.5 Å². The summed E-state index contributed by atoms with van der Waals surface area (Å²) >= 11 is 0. The van der Waals surface area contributed by atoms with E-state index in [1.807, 2.05) is 0 Å². The molecular formula is C23H22F3N5O4. The van der Waals surface area contributed by atoms with Crippen LogP contribution in [0, 0.1) is 0 Å². The molecule has 2 aliphatic rings. The van der Waals surface area contributed by atoms with Crippen LogP contribution in [-0.2, 0) is 25.3 Å². The third kappa shape index (κ3) is 5.43. The van der Waals surface area contributed by atoms with E-state index < -0.39 is 47.3 Å². The van der Waals surface area contributed by atoms with Gasteiger partial charge in [-0.3, -0.25) is 19.4 Å². The van der Waals surface area contributed by atoms with Crippen molar-refractivity contribution in [3.8, 4) is 0 Å². The number of nitrogens with one attached hydrogen (secondary N) is 2. The van der Waals surface area contributed by atoms with Crippen LogP contribution in [0.2, 0.25) is 0 Å². The highest BCUT2D eigenvalue weighted by Crippen LogP contribution is 2.37. The van der Waals surface area contributed by atoms with E-state index in [-0.39, 0.29) is 17.8 Å². The van der Waals surface area contributed by atoms with Crippen LogP contribution in [-0.4, -0.2) is 42.2 Å². The molecule has 2 aromatic rings. The normalized spacial score (nSPS) is 19.9. The number of carbonyl (C=O) groups is 3. The smallest absolute Gasteiger partial charge is 0.368 e. The van der Waals surface area contributed by atoms with E-state index in [1.165, 1.54) is 11.1 Å². The molecule has 2 aromatic carbocycles. The molecule has 0 spiro atoms. The summed E-state index contributed by atoms with van der Waals surface area (Å²) in [6, 6.07) is 10.5. The first-order valence-corrected chi connectivity index (χ1v) is 10.8. The second-order valence-electron chi connectivity index (χ2n) is 8.05. The molecule has 1 fully saturated rings. The number of rotatable bonds is 6. The molecule has 2 heterocycles. The molecule has 2 unspecified atom stereocenters. The number of hydrogen-bond acceptors (Lipinski definition) is 6. The van der Waals surface area contributed by atoms with Crippen LogP contribution in [0.5, 0.6) is 0 Å². The van der Waals surface area contributed by atoms with Crippen molar-refractivity contribution in [2.45, 2.75) is 37.6 Å². The molecule has 0 radical (unpaired) electrons. The van der Waals surface area contributed by atoms with E-state index in [9.17, 15) is 27.6 Å². The molecule has 2 aliphatic heterocycles. The first-order chi connectivity index (χ1) is 16.6. The van der Waals surface area contributed by atoms with Crippen LogP contribution in [0.4, 0.5) is 30.2 Å². The van der Waals surface area contributed by atoms with Crippen molar-refractivity contribution in [2.75, 3.05) is 22.2 Å². The Morgan fingerprint density at radius 3 is 2.46 bits per heavy atom. The summed E-state index contributed by atoms with van der Waals surface area (Å²) < 4.78 is 46.5. The van der Waals surface area contributed by atoms with Gasteiger partial charge in [0.2, 0.25) is 5.91 Å². The zero-order chi connectivity index (χ0) is 25.2. The predicted molar refractivity (Wildman–Crippen MR) is 122 cm³/mol. The Morgan fingerprint density at radius 1 is 1.09 bits per heavy atom. The molecule has 0 aromatic heterocycles. The minimum absolute atomic E-state index is 0.0851. The second kappa shape index (κ2) is 9.74. The molecule has 2 atom stereocenters. The first-order valence-electron chi connectivity index (χ1n) is 10.8. The number of anilines is 3. The van der Waals surface area contributed by atoms with Gasteiger partial charge < -0.3 is 21.1 Å². The van der Waals surface area contributed by atoms with Crippen LogP contribution in [0.3, 0.4) is 0 Å². The zero-order valence-corrected chi connectivity index (χ0v) is 18.3. The number of amides is 3. The molecular weight excluding hydrogens is 467 g/mol. The zero-order valence-electron chi connectivity index (χ0n) is 18.3. The molecule has 184 valence electrons.